The number of rotatable bonds is 6. The third-order valence-corrected chi connectivity index (χ3v) is 3.45. The maximum atomic E-state index is 12.2. The number of carbonyl (C=O) groups is 2. The predicted molar refractivity (Wildman–Crippen MR) is 81.6 cm³/mol. The van der Waals surface area contributed by atoms with E-state index in [9.17, 15) is 19.7 Å². The zero-order valence-electron chi connectivity index (χ0n) is 13.3. The van der Waals surface area contributed by atoms with Gasteiger partial charge in [-0.15, -0.1) is 0 Å². The van der Waals surface area contributed by atoms with E-state index in [2.05, 4.69) is 15.5 Å². The van der Waals surface area contributed by atoms with E-state index in [1.165, 1.54) is 24.0 Å². The van der Waals surface area contributed by atoms with Gasteiger partial charge in [-0.05, 0) is 11.8 Å². The van der Waals surface area contributed by atoms with Crippen LogP contribution in [-0.2, 0) is 18.4 Å². The van der Waals surface area contributed by atoms with Crippen molar-refractivity contribution < 1.29 is 19.6 Å². The van der Waals surface area contributed by atoms with Crippen LogP contribution in [0.25, 0.3) is 0 Å². The van der Waals surface area contributed by atoms with Gasteiger partial charge in [0.2, 0.25) is 5.91 Å². The zero-order valence-corrected chi connectivity index (χ0v) is 13.3. The van der Waals surface area contributed by atoms with Gasteiger partial charge in [0.05, 0.1) is 41.2 Å². The summed E-state index contributed by atoms with van der Waals surface area (Å²) in [7, 11) is 1.45. The summed E-state index contributed by atoms with van der Waals surface area (Å²) in [5.74, 6) is -2.54. The Morgan fingerprint density at radius 3 is 2.71 bits per heavy atom. The second kappa shape index (κ2) is 6.48. The molecule has 2 heterocycles. The van der Waals surface area contributed by atoms with Crippen LogP contribution in [-0.4, -0.2) is 41.5 Å². The summed E-state index contributed by atoms with van der Waals surface area (Å²) in [6, 6.07) is 1.31. The van der Waals surface area contributed by atoms with Gasteiger partial charge < -0.3 is 20.5 Å². The molecular formula is C13H16N6O5. The standard InChI is InChI=1S/C13H16N6O5/c1-7(6-18-8(2)4-10(16-18)19(23)24)12(20)15-9-5-14-17(3)11(9)13(21)22/h4-5,7H,6H2,1-3H3,(H,15,20)(H,21,22). The minimum atomic E-state index is -1.21. The van der Waals surface area contributed by atoms with E-state index in [0.29, 0.717) is 5.69 Å². The van der Waals surface area contributed by atoms with Crippen LogP contribution in [0.15, 0.2) is 12.3 Å². The van der Waals surface area contributed by atoms with Crippen molar-refractivity contribution in [3.8, 4) is 0 Å². The molecule has 1 amide bonds. The first-order valence-electron chi connectivity index (χ1n) is 6.95. The Bertz CT molecular complexity index is 808. The molecule has 0 aliphatic heterocycles. The van der Waals surface area contributed by atoms with E-state index in [1.54, 1.807) is 13.8 Å². The summed E-state index contributed by atoms with van der Waals surface area (Å²) in [5.41, 5.74) is 0.500. The van der Waals surface area contributed by atoms with Crippen LogP contribution in [0.5, 0.6) is 0 Å². The largest absolute Gasteiger partial charge is 0.476 e. The first-order valence-corrected chi connectivity index (χ1v) is 6.95. The van der Waals surface area contributed by atoms with Crippen LogP contribution in [0.1, 0.15) is 23.1 Å². The van der Waals surface area contributed by atoms with Crippen LogP contribution in [0.2, 0.25) is 0 Å². The third-order valence-electron chi connectivity index (χ3n) is 3.45. The number of carboxylic acid groups (broad SMARTS) is 1. The molecular weight excluding hydrogens is 320 g/mol. The summed E-state index contributed by atoms with van der Waals surface area (Å²) in [4.78, 5) is 33.5. The Morgan fingerprint density at radius 1 is 1.50 bits per heavy atom. The van der Waals surface area contributed by atoms with Gasteiger partial charge in [-0.3, -0.25) is 9.48 Å². The van der Waals surface area contributed by atoms with Gasteiger partial charge in [-0.2, -0.15) is 9.78 Å². The molecule has 0 bridgehead atoms. The van der Waals surface area contributed by atoms with Crippen LogP contribution < -0.4 is 5.32 Å². The number of anilines is 1. The van der Waals surface area contributed by atoms with Crippen molar-refractivity contribution in [2.75, 3.05) is 5.32 Å². The first kappa shape index (κ1) is 17.1. The molecule has 0 aromatic carbocycles. The molecule has 0 fully saturated rings. The third kappa shape index (κ3) is 3.39. The quantitative estimate of drug-likeness (QED) is 0.586. The predicted octanol–water partition coefficient (Wildman–Crippen LogP) is 0.806. The molecule has 11 nitrogen and oxygen atoms in total. The molecule has 0 saturated carbocycles. The number of aromatic nitrogens is 4. The number of carbonyl (C=O) groups excluding carboxylic acids is 1. The zero-order chi connectivity index (χ0) is 18.0. The Hall–Kier alpha value is -3.24. The normalized spacial score (nSPS) is 12.0. The number of nitrogens with zero attached hydrogens (tertiary/aromatic N) is 5. The maximum absolute atomic E-state index is 12.2. The second-order valence-electron chi connectivity index (χ2n) is 5.31. The van der Waals surface area contributed by atoms with Crippen molar-refractivity contribution in [1.82, 2.24) is 19.6 Å². The van der Waals surface area contributed by atoms with Gasteiger partial charge in [0.1, 0.15) is 0 Å². The molecule has 0 radical (unpaired) electrons. The molecule has 2 aromatic heterocycles. The summed E-state index contributed by atoms with van der Waals surface area (Å²) in [6.45, 7) is 3.38. The minimum absolute atomic E-state index is 0.0880. The van der Waals surface area contributed by atoms with Crippen molar-refractivity contribution in [3.63, 3.8) is 0 Å². The molecule has 0 saturated heterocycles. The van der Waals surface area contributed by atoms with Crippen LogP contribution in [0, 0.1) is 23.0 Å². The highest BCUT2D eigenvalue weighted by atomic mass is 16.6. The summed E-state index contributed by atoms with van der Waals surface area (Å²) < 4.78 is 2.51. The smallest absolute Gasteiger partial charge is 0.390 e. The minimum Gasteiger partial charge on any atom is -0.476 e. The van der Waals surface area contributed by atoms with Crippen LogP contribution in [0.3, 0.4) is 0 Å². The Morgan fingerprint density at radius 2 is 2.17 bits per heavy atom. The average molecular weight is 336 g/mol. The molecule has 2 aromatic rings. The number of carboxylic acids is 1. The monoisotopic (exact) mass is 336 g/mol. The van der Waals surface area contributed by atoms with Gasteiger partial charge in [0.25, 0.3) is 0 Å². The van der Waals surface area contributed by atoms with Gasteiger partial charge in [0.15, 0.2) is 5.69 Å². The van der Waals surface area contributed by atoms with E-state index in [-0.39, 0.29) is 23.7 Å². The highest BCUT2D eigenvalue weighted by Crippen LogP contribution is 2.17. The number of nitrogens with one attached hydrogen (secondary N) is 1. The van der Waals surface area contributed by atoms with Gasteiger partial charge in [0, 0.05) is 7.05 Å². The lowest BCUT2D eigenvalue weighted by molar-refractivity contribution is -0.389. The van der Waals surface area contributed by atoms with E-state index in [1.807, 2.05) is 0 Å². The van der Waals surface area contributed by atoms with Gasteiger partial charge in [-0.25, -0.2) is 4.79 Å². The highest BCUT2D eigenvalue weighted by Gasteiger charge is 2.23. The lowest BCUT2D eigenvalue weighted by Gasteiger charge is -2.11. The topological polar surface area (TPSA) is 145 Å². The number of aromatic carboxylic acids is 1. The Balaban J connectivity index is 2.11. The number of hydrogen-bond donors (Lipinski definition) is 2. The molecule has 128 valence electrons. The van der Waals surface area contributed by atoms with Gasteiger partial charge >= 0.3 is 11.8 Å². The summed E-state index contributed by atoms with van der Waals surface area (Å²) in [6.07, 6.45) is 1.25. The Kier molecular flexibility index (Phi) is 4.62. The van der Waals surface area contributed by atoms with Crippen LogP contribution in [0.4, 0.5) is 11.5 Å². The molecule has 2 rings (SSSR count). The molecule has 0 aliphatic carbocycles. The SMILES string of the molecule is Cc1cc([N+](=O)[O-])nn1CC(C)C(=O)Nc1cnn(C)c1C(=O)O. The van der Waals surface area contributed by atoms with Crippen molar-refractivity contribution in [3.05, 3.63) is 33.8 Å². The first-order chi connectivity index (χ1) is 11.2. The van der Waals surface area contributed by atoms with Gasteiger partial charge in [-0.1, -0.05) is 6.92 Å². The second-order valence-corrected chi connectivity index (χ2v) is 5.31. The molecule has 24 heavy (non-hydrogen) atoms. The molecule has 1 unspecified atom stereocenters. The van der Waals surface area contributed by atoms with Crippen molar-refractivity contribution in [1.29, 1.82) is 0 Å². The fourth-order valence-electron chi connectivity index (χ4n) is 2.15. The summed E-state index contributed by atoms with van der Waals surface area (Å²) >= 11 is 0. The molecule has 1 atom stereocenters. The van der Waals surface area contributed by atoms with Crippen molar-refractivity contribution >= 4 is 23.4 Å². The van der Waals surface area contributed by atoms with E-state index in [0.717, 1.165) is 4.68 Å². The Labute approximate surface area is 136 Å². The maximum Gasteiger partial charge on any atom is 0.390 e. The van der Waals surface area contributed by atoms with E-state index < -0.39 is 22.7 Å². The number of amides is 1. The average Bonchev–Trinajstić information content (AvgIpc) is 3.02. The summed E-state index contributed by atoms with van der Waals surface area (Å²) in [5, 5.41) is 30.0. The number of hydrogen-bond acceptors (Lipinski definition) is 6. The highest BCUT2D eigenvalue weighted by molar-refractivity contribution is 5.99. The van der Waals surface area contributed by atoms with E-state index in [4.69, 9.17) is 5.11 Å². The number of aryl methyl sites for hydroxylation is 2. The molecule has 0 aliphatic rings. The van der Waals surface area contributed by atoms with Crippen LogP contribution >= 0.6 is 0 Å². The molecule has 11 heteroatoms. The van der Waals surface area contributed by atoms with Crippen molar-refractivity contribution in [2.45, 2.75) is 20.4 Å². The van der Waals surface area contributed by atoms with E-state index >= 15 is 0 Å². The lowest BCUT2D eigenvalue weighted by atomic mass is 10.1. The molecule has 2 N–H and O–H groups in total. The number of nitro groups is 1. The lowest BCUT2D eigenvalue weighted by Crippen LogP contribution is -2.26. The molecule has 0 spiro atoms. The fourth-order valence-corrected chi connectivity index (χ4v) is 2.15. The fraction of sp³-hybridized carbons (Fsp3) is 0.385. The van der Waals surface area contributed by atoms with Crippen molar-refractivity contribution in [2.24, 2.45) is 13.0 Å².